The minimum Gasteiger partial charge on any atom is -0.447 e. The third-order valence-electron chi connectivity index (χ3n) is 1.87. The molecule has 0 aromatic carbocycles. The van der Waals surface area contributed by atoms with Gasteiger partial charge < -0.3 is 14.5 Å². The van der Waals surface area contributed by atoms with Gasteiger partial charge in [-0.1, -0.05) is 0 Å². The average Bonchev–Trinajstić information content (AvgIpc) is 2.56. The highest BCUT2D eigenvalue weighted by Gasteiger charge is 2.16. The number of hydrogen-bond donors (Lipinski definition) is 1. The van der Waals surface area contributed by atoms with Gasteiger partial charge in [-0.3, -0.25) is 0 Å². The lowest BCUT2D eigenvalue weighted by atomic mass is 10.1. The highest BCUT2D eigenvalue weighted by atomic mass is 16.5. The molecular formula is C10H18N2O2. The molecule has 1 aromatic rings. The van der Waals surface area contributed by atoms with Gasteiger partial charge in [-0.2, -0.15) is 0 Å². The fourth-order valence-electron chi connectivity index (χ4n) is 1.26. The van der Waals surface area contributed by atoms with Crippen LogP contribution in [0.2, 0.25) is 0 Å². The summed E-state index contributed by atoms with van der Waals surface area (Å²) >= 11 is 0. The van der Waals surface area contributed by atoms with Gasteiger partial charge in [0.15, 0.2) is 6.39 Å². The molecule has 0 unspecified atom stereocenters. The molecule has 1 heterocycles. The summed E-state index contributed by atoms with van der Waals surface area (Å²) in [6.45, 7) is 8.33. The van der Waals surface area contributed by atoms with Crippen LogP contribution >= 0.6 is 0 Å². The van der Waals surface area contributed by atoms with E-state index in [2.05, 4.69) is 24.1 Å². The third kappa shape index (κ3) is 3.89. The summed E-state index contributed by atoms with van der Waals surface area (Å²) in [5, 5.41) is 3.25. The van der Waals surface area contributed by atoms with Crippen molar-refractivity contribution in [3.8, 4) is 0 Å². The molecule has 0 atom stereocenters. The van der Waals surface area contributed by atoms with E-state index in [4.69, 9.17) is 9.15 Å². The van der Waals surface area contributed by atoms with Crippen molar-refractivity contribution < 1.29 is 9.15 Å². The van der Waals surface area contributed by atoms with Crippen LogP contribution in [0.25, 0.3) is 0 Å². The number of ether oxygens (including phenoxy) is 1. The zero-order chi connectivity index (χ0) is 10.4. The molecule has 0 saturated heterocycles. The molecule has 1 N–H and O–H groups in total. The molecule has 0 bridgehead atoms. The Morgan fingerprint density at radius 1 is 1.57 bits per heavy atom. The molecule has 4 heteroatoms. The van der Waals surface area contributed by atoms with Gasteiger partial charge in [0.2, 0.25) is 0 Å². The number of nitrogens with one attached hydrogen (secondary N) is 1. The van der Waals surface area contributed by atoms with Crippen LogP contribution in [0.3, 0.4) is 0 Å². The quantitative estimate of drug-likeness (QED) is 0.754. The second-order valence-electron chi connectivity index (χ2n) is 3.76. The van der Waals surface area contributed by atoms with E-state index < -0.39 is 0 Å². The third-order valence-corrected chi connectivity index (χ3v) is 1.87. The predicted molar refractivity (Wildman–Crippen MR) is 53.9 cm³/mol. The molecule has 4 nitrogen and oxygen atoms in total. The SMILES string of the molecule is CCOC(C)(C)CNCc1cnco1. The lowest BCUT2D eigenvalue weighted by molar-refractivity contribution is -0.00919. The first-order chi connectivity index (χ1) is 6.64. The van der Waals surface area contributed by atoms with E-state index in [0.29, 0.717) is 6.54 Å². The molecule has 1 aromatic heterocycles. The molecule has 0 fully saturated rings. The van der Waals surface area contributed by atoms with Crippen LogP contribution in [0.4, 0.5) is 0 Å². The van der Waals surface area contributed by atoms with Crippen molar-refractivity contribution in [1.29, 1.82) is 0 Å². The van der Waals surface area contributed by atoms with Crippen LogP contribution in [0.5, 0.6) is 0 Å². The van der Waals surface area contributed by atoms with Crippen molar-refractivity contribution in [3.05, 3.63) is 18.4 Å². The Labute approximate surface area is 84.7 Å². The Kier molecular flexibility index (Phi) is 4.10. The summed E-state index contributed by atoms with van der Waals surface area (Å²) in [5.41, 5.74) is -0.130. The Morgan fingerprint density at radius 3 is 2.93 bits per heavy atom. The van der Waals surface area contributed by atoms with Gasteiger partial charge in [-0.25, -0.2) is 4.98 Å². The van der Waals surface area contributed by atoms with Crippen molar-refractivity contribution in [1.82, 2.24) is 10.3 Å². The smallest absolute Gasteiger partial charge is 0.180 e. The van der Waals surface area contributed by atoms with Gasteiger partial charge in [-0.05, 0) is 20.8 Å². The summed E-state index contributed by atoms with van der Waals surface area (Å²) in [7, 11) is 0. The van der Waals surface area contributed by atoms with Gasteiger partial charge in [-0.15, -0.1) is 0 Å². The van der Waals surface area contributed by atoms with Crippen LogP contribution < -0.4 is 5.32 Å². The number of nitrogens with zero attached hydrogens (tertiary/aromatic N) is 1. The van der Waals surface area contributed by atoms with Crippen molar-refractivity contribution in [3.63, 3.8) is 0 Å². The van der Waals surface area contributed by atoms with Gasteiger partial charge in [0.1, 0.15) is 5.76 Å². The Morgan fingerprint density at radius 2 is 2.36 bits per heavy atom. The number of aromatic nitrogens is 1. The zero-order valence-corrected chi connectivity index (χ0v) is 9.04. The van der Waals surface area contributed by atoms with Gasteiger partial charge in [0, 0.05) is 13.2 Å². The fraction of sp³-hybridized carbons (Fsp3) is 0.700. The summed E-state index contributed by atoms with van der Waals surface area (Å²) in [4.78, 5) is 3.84. The minimum absolute atomic E-state index is 0.130. The first kappa shape index (κ1) is 11.2. The van der Waals surface area contributed by atoms with E-state index in [-0.39, 0.29) is 5.60 Å². The number of hydrogen-bond acceptors (Lipinski definition) is 4. The molecule has 0 spiro atoms. The van der Waals surface area contributed by atoms with E-state index >= 15 is 0 Å². The molecule has 0 radical (unpaired) electrons. The predicted octanol–water partition coefficient (Wildman–Crippen LogP) is 1.58. The van der Waals surface area contributed by atoms with E-state index in [1.807, 2.05) is 6.92 Å². The van der Waals surface area contributed by atoms with Crippen LogP contribution in [-0.2, 0) is 11.3 Å². The van der Waals surface area contributed by atoms with Crippen LogP contribution in [0.15, 0.2) is 17.0 Å². The Bertz CT molecular complexity index is 245. The highest BCUT2D eigenvalue weighted by molar-refractivity contribution is 4.87. The lowest BCUT2D eigenvalue weighted by Gasteiger charge is -2.24. The van der Waals surface area contributed by atoms with E-state index in [9.17, 15) is 0 Å². The first-order valence-electron chi connectivity index (χ1n) is 4.86. The summed E-state index contributed by atoms with van der Waals surface area (Å²) in [6, 6.07) is 0. The number of rotatable bonds is 6. The molecular weight excluding hydrogens is 180 g/mol. The molecule has 0 aliphatic heterocycles. The normalized spacial score (nSPS) is 11.9. The number of oxazole rings is 1. The highest BCUT2D eigenvalue weighted by Crippen LogP contribution is 2.07. The topological polar surface area (TPSA) is 47.3 Å². The fourth-order valence-corrected chi connectivity index (χ4v) is 1.26. The van der Waals surface area contributed by atoms with Crippen molar-refractivity contribution >= 4 is 0 Å². The van der Waals surface area contributed by atoms with E-state index in [1.165, 1.54) is 6.39 Å². The Hall–Kier alpha value is -0.870. The van der Waals surface area contributed by atoms with Crippen molar-refractivity contribution in [2.45, 2.75) is 32.9 Å². The molecule has 0 amide bonds. The monoisotopic (exact) mass is 198 g/mol. The van der Waals surface area contributed by atoms with Gasteiger partial charge >= 0.3 is 0 Å². The second kappa shape index (κ2) is 5.12. The maximum atomic E-state index is 5.54. The zero-order valence-electron chi connectivity index (χ0n) is 9.04. The summed E-state index contributed by atoms with van der Waals surface area (Å²) < 4.78 is 10.6. The lowest BCUT2D eigenvalue weighted by Crippen LogP contribution is -2.37. The maximum Gasteiger partial charge on any atom is 0.180 e. The van der Waals surface area contributed by atoms with Gasteiger partial charge in [0.25, 0.3) is 0 Å². The average molecular weight is 198 g/mol. The molecule has 1 rings (SSSR count). The molecule has 0 aliphatic carbocycles. The molecule has 80 valence electrons. The Balaban J connectivity index is 2.20. The largest absolute Gasteiger partial charge is 0.447 e. The first-order valence-corrected chi connectivity index (χ1v) is 4.86. The van der Waals surface area contributed by atoms with E-state index in [1.54, 1.807) is 6.20 Å². The van der Waals surface area contributed by atoms with Crippen LogP contribution in [0.1, 0.15) is 26.5 Å². The summed E-state index contributed by atoms with van der Waals surface area (Å²) in [6.07, 6.45) is 3.14. The molecule has 14 heavy (non-hydrogen) atoms. The minimum atomic E-state index is -0.130. The van der Waals surface area contributed by atoms with Crippen LogP contribution in [0, 0.1) is 0 Å². The van der Waals surface area contributed by atoms with Crippen molar-refractivity contribution in [2.24, 2.45) is 0 Å². The molecule has 0 aliphatic rings. The standard InChI is InChI=1S/C10H18N2O2/c1-4-14-10(2,3)7-11-5-9-6-12-8-13-9/h6,8,11H,4-5,7H2,1-3H3. The van der Waals surface area contributed by atoms with E-state index in [0.717, 1.165) is 18.9 Å². The second-order valence-corrected chi connectivity index (χ2v) is 3.76. The van der Waals surface area contributed by atoms with Crippen LogP contribution in [-0.4, -0.2) is 23.7 Å². The van der Waals surface area contributed by atoms with Gasteiger partial charge in [0.05, 0.1) is 18.3 Å². The summed E-state index contributed by atoms with van der Waals surface area (Å²) in [5.74, 6) is 0.845. The molecule has 0 saturated carbocycles. The van der Waals surface area contributed by atoms with Crippen molar-refractivity contribution in [2.75, 3.05) is 13.2 Å². The maximum absolute atomic E-state index is 5.54.